The number of rotatable bonds is 6. The third kappa shape index (κ3) is 3.44. The first-order valence-corrected chi connectivity index (χ1v) is 9.14. The SMILES string of the molecule is CNC(=O)CCC(C=O)n1c(=O)n(C)c2cc(C3CCNCC3)ccc21. The maximum atomic E-state index is 12.7. The van der Waals surface area contributed by atoms with Crippen molar-refractivity contribution in [3.8, 4) is 0 Å². The smallest absolute Gasteiger partial charge is 0.329 e. The van der Waals surface area contributed by atoms with E-state index in [9.17, 15) is 14.4 Å². The number of nitrogens with zero attached hydrogens (tertiary/aromatic N) is 2. The van der Waals surface area contributed by atoms with E-state index in [0.29, 0.717) is 12.3 Å². The average molecular weight is 358 g/mol. The van der Waals surface area contributed by atoms with Gasteiger partial charge in [0.2, 0.25) is 5.91 Å². The number of piperidine rings is 1. The van der Waals surface area contributed by atoms with Crippen LogP contribution in [-0.2, 0) is 16.6 Å². The van der Waals surface area contributed by atoms with Crippen molar-refractivity contribution in [3.63, 3.8) is 0 Å². The Morgan fingerprint density at radius 2 is 2.08 bits per heavy atom. The zero-order valence-electron chi connectivity index (χ0n) is 15.3. The molecule has 3 rings (SSSR count). The number of aryl methyl sites for hydroxylation is 1. The number of fused-ring (bicyclic) bond motifs is 1. The van der Waals surface area contributed by atoms with E-state index in [1.807, 2.05) is 6.07 Å². The van der Waals surface area contributed by atoms with Gasteiger partial charge < -0.3 is 15.4 Å². The van der Waals surface area contributed by atoms with E-state index in [0.717, 1.165) is 43.3 Å². The number of aldehydes is 1. The first-order valence-electron chi connectivity index (χ1n) is 9.14. The monoisotopic (exact) mass is 358 g/mol. The normalized spacial score (nSPS) is 16.5. The Kier molecular flexibility index (Phi) is 5.56. The Bertz CT molecular complexity index is 862. The third-order valence-electron chi connectivity index (χ3n) is 5.36. The molecule has 1 unspecified atom stereocenters. The van der Waals surface area contributed by atoms with Gasteiger partial charge in [-0.3, -0.25) is 13.9 Å². The van der Waals surface area contributed by atoms with Gasteiger partial charge in [0.15, 0.2) is 0 Å². The van der Waals surface area contributed by atoms with E-state index in [1.54, 1.807) is 18.7 Å². The van der Waals surface area contributed by atoms with E-state index in [1.165, 1.54) is 10.1 Å². The summed E-state index contributed by atoms with van der Waals surface area (Å²) < 4.78 is 3.10. The number of benzene rings is 1. The Labute approximate surface area is 152 Å². The van der Waals surface area contributed by atoms with Gasteiger partial charge in [-0.2, -0.15) is 0 Å². The van der Waals surface area contributed by atoms with Crippen molar-refractivity contribution < 1.29 is 9.59 Å². The zero-order valence-corrected chi connectivity index (χ0v) is 15.3. The Morgan fingerprint density at radius 3 is 2.73 bits per heavy atom. The molecule has 1 aromatic heterocycles. The molecule has 140 valence electrons. The summed E-state index contributed by atoms with van der Waals surface area (Å²) in [5, 5.41) is 5.91. The lowest BCUT2D eigenvalue weighted by Crippen LogP contribution is -2.28. The number of amides is 1. The van der Waals surface area contributed by atoms with Crippen LogP contribution in [0.5, 0.6) is 0 Å². The predicted molar refractivity (Wildman–Crippen MR) is 100 cm³/mol. The lowest BCUT2D eigenvalue weighted by Gasteiger charge is -2.23. The van der Waals surface area contributed by atoms with Gasteiger partial charge in [0, 0.05) is 20.5 Å². The summed E-state index contributed by atoms with van der Waals surface area (Å²) in [4.78, 5) is 35.9. The first-order chi connectivity index (χ1) is 12.6. The third-order valence-corrected chi connectivity index (χ3v) is 5.36. The predicted octanol–water partition coefficient (Wildman–Crippen LogP) is 1.07. The molecule has 0 bridgehead atoms. The van der Waals surface area contributed by atoms with Gasteiger partial charge in [0.05, 0.1) is 17.1 Å². The topological polar surface area (TPSA) is 85.1 Å². The van der Waals surface area contributed by atoms with Crippen molar-refractivity contribution in [2.45, 2.75) is 37.6 Å². The van der Waals surface area contributed by atoms with Gasteiger partial charge in [0.25, 0.3) is 0 Å². The fourth-order valence-corrected chi connectivity index (χ4v) is 3.77. The van der Waals surface area contributed by atoms with Gasteiger partial charge in [-0.1, -0.05) is 6.07 Å². The molecule has 2 aromatic rings. The molecule has 1 aliphatic heterocycles. The fourth-order valence-electron chi connectivity index (χ4n) is 3.77. The average Bonchev–Trinajstić information content (AvgIpc) is 2.93. The molecule has 2 N–H and O–H groups in total. The fraction of sp³-hybridized carbons (Fsp3) is 0.526. The summed E-state index contributed by atoms with van der Waals surface area (Å²) in [7, 11) is 3.29. The van der Waals surface area contributed by atoms with E-state index in [2.05, 4.69) is 22.8 Å². The van der Waals surface area contributed by atoms with Crippen LogP contribution >= 0.6 is 0 Å². The number of aromatic nitrogens is 2. The van der Waals surface area contributed by atoms with Crippen LogP contribution < -0.4 is 16.3 Å². The maximum Gasteiger partial charge on any atom is 0.329 e. The van der Waals surface area contributed by atoms with Crippen LogP contribution in [-0.4, -0.2) is 41.5 Å². The molecule has 2 heterocycles. The summed E-state index contributed by atoms with van der Waals surface area (Å²) in [6.45, 7) is 2.02. The summed E-state index contributed by atoms with van der Waals surface area (Å²) >= 11 is 0. The molecular weight excluding hydrogens is 332 g/mol. The van der Waals surface area contributed by atoms with Crippen LogP contribution in [0.4, 0.5) is 0 Å². The lowest BCUT2D eigenvalue weighted by atomic mass is 9.90. The van der Waals surface area contributed by atoms with Crippen LogP contribution in [0.1, 0.15) is 43.2 Å². The van der Waals surface area contributed by atoms with Crippen LogP contribution in [0.2, 0.25) is 0 Å². The van der Waals surface area contributed by atoms with Crippen molar-refractivity contribution in [1.29, 1.82) is 0 Å². The second kappa shape index (κ2) is 7.86. The highest BCUT2D eigenvalue weighted by molar-refractivity contribution is 5.79. The summed E-state index contributed by atoms with van der Waals surface area (Å²) in [6.07, 6.45) is 3.44. The minimum atomic E-state index is -0.645. The number of nitrogens with one attached hydrogen (secondary N) is 2. The first kappa shape index (κ1) is 18.4. The number of hydrogen-bond donors (Lipinski definition) is 2. The van der Waals surface area contributed by atoms with Gasteiger partial charge in [-0.05, 0) is 56.0 Å². The van der Waals surface area contributed by atoms with Gasteiger partial charge >= 0.3 is 5.69 Å². The molecule has 0 radical (unpaired) electrons. The maximum absolute atomic E-state index is 12.7. The van der Waals surface area contributed by atoms with E-state index >= 15 is 0 Å². The number of hydrogen-bond acceptors (Lipinski definition) is 4. The molecule has 0 spiro atoms. The second-order valence-corrected chi connectivity index (χ2v) is 6.90. The molecule has 1 aliphatic rings. The lowest BCUT2D eigenvalue weighted by molar-refractivity contribution is -0.121. The summed E-state index contributed by atoms with van der Waals surface area (Å²) in [6, 6.07) is 5.43. The number of carbonyl (C=O) groups excluding carboxylic acids is 2. The molecular formula is C19H26N4O3. The highest BCUT2D eigenvalue weighted by Crippen LogP contribution is 2.28. The van der Waals surface area contributed by atoms with Crippen LogP contribution in [0.3, 0.4) is 0 Å². The quantitative estimate of drug-likeness (QED) is 0.757. The number of imidazole rings is 1. The molecule has 0 saturated carbocycles. The van der Waals surface area contributed by atoms with E-state index in [-0.39, 0.29) is 18.0 Å². The highest BCUT2D eigenvalue weighted by Gasteiger charge is 2.22. The molecule has 1 amide bonds. The van der Waals surface area contributed by atoms with E-state index < -0.39 is 6.04 Å². The van der Waals surface area contributed by atoms with Crippen molar-refractivity contribution in [2.24, 2.45) is 7.05 Å². The van der Waals surface area contributed by atoms with Gasteiger partial charge in [-0.25, -0.2) is 4.79 Å². The zero-order chi connectivity index (χ0) is 18.7. The number of carbonyl (C=O) groups is 2. The Morgan fingerprint density at radius 1 is 1.35 bits per heavy atom. The largest absolute Gasteiger partial charge is 0.359 e. The van der Waals surface area contributed by atoms with Crippen LogP contribution in [0.25, 0.3) is 11.0 Å². The van der Waals surface area contributed by atoms with Crippen molar-refractivity contribution in [1.82, 2.24) is 19.8 Å². The van der Waals surface area contributed by atoms with Crippen LogP contribution in [0, 0.1) is 0 Å². The highest BCUT2D eigenvalue weighted by atomic mass is 16.2. The van der Waals surface area contributed by atoms with Crippen molar-refractivity contribution >= 4 is 23.2 Å². The second-order valence-electron chi connectivity index (χ2n) is 6.90. The summed E-state index contributed by atoms with van der Waals surface area (Å²) in [5.41, 5.74) is 2.58. The standard InChI is InChI=1S/C19H26N4O3/c1-20-18(25)6-4-15(12-24)23-16-5-3-14(13-7-9-21-10-8-13)11-17(16)22(2)19(23)26/h3,5,11-13,15,21H,4,6-10H2,1-2H3,(H,20,25). The van der Waals surface area contributed by atoms with Crippen molar-refractivity contribution in [2.75, 3.05) is 20.1 Å². The molecule has 7 heteroatoms. The Balaban J connectivity index is 1.98. The minimum absolute atomic E-state index is 0.140. The van der Waals surface area contributed by atoms with Gasteiger partial charge in [-0.15, -0.1) is 0 Å². The van der Waals surface area contributed by atoms with Crippen LogP contribution in [0.15, 0.2) is 23.0 Å². The molecule has 1 fully saturated rings. The van der Waals surface area contributed by atoms with Gasteiger partial charge in [0.1, 0.15) is 6.29 Å². The Hall–Kier alpha value is -2.41. The summed E-state index contributed by atoms with van der Waals surface area (Å²) in [5.74, 6) is 0.354. The molecule has 0 aliphatic carbocycles. The molecule has 7 nitrogen and oxygen atoms in total. The van der Waals surface area contributed by atoms with E-state index in [4.69, 9.17) is 0 Å². The molecule has 1 atom stereocenters. The van der Waals surface area contributed by atoms with Crippen molar-refractivity contribution in [3.05, 3.63) is 34.2 Å². The molecule has 1 saturated heterocycles. The minimum Gasteiger partial charge on any atom is -0.359 e. The molecule has 26 heavy (non-hydrogen) atoms. The molecule has 1 aromatic carbocycles.